The molecule has 2 aromatic rings. The Kier molecular flexibility index (Phi) is 6.92. The van der Waals surface area contributed by atoms with E-state index in [-0.39, 0.29) is 11.5 Å². The summed E-state index contributed by atoms with van der Waals surface area (Å²) in [5.41, 5.74) is 0. The quantitative estimate of drug-likeness (QED) is 0.533. The van der Waals surface area contributed by atoms with Crippen LogP contribution in [-0.4, -0.2) is 46.7 Å². The fourth-order valence-corrected chi connectivity index (χ4v) is 1.91. The molecule has 2 aromatic carbocycles. The maximum absolute atomic E-state index is 11.8. The Morgan fingerprint density at radius 1 is 0.607 bits per heavy atom. The van der Waals surface area contributed by atoms with Crippen LogP contribution < -0.4 is 9.47 Å². The lowest BCUT2D eigenvalue weighted by Gasteiger charge is -2.20. The van der Waals surface area contributed by atoms with E-state index < -0.39 is 36.5 Å². The van der Waals surface area contributed by atoms with E-state index in [1.165, 1.54) is 24.3 Å². The van der Waals surface area contributed by atoms with Gasteiger partial charge in [-0.1, -0.05) is 36.4 Å². The van der Waals surface area contributed by atoms with Crippen molar-refractivity contribution >= 4 is 24.2 Å². The Hall–Kier alpha value is -4.08. The highest BCUT2D eigenvalue weighted by molar-refractivity contribution is 5.86. The summed E-state index contributed by atoms with van der Waals surface area (Å²) in [7, 11) is 0. The fraction of sp³-hybridized carbons (Fsp3) is 0.111. The van der Waals surface area contributed by atoms with Gasteiger partial charge in [0.25, 0.3) is 0 Å². The minimum absolute atomic E-state index is 0.0351. The number of para-hydroxylation sites is 2. The van der Waals surface area contributed by atoms with Gasteiger partial charge < -0.3 is 29.2 Å². The summed E-state index contributed by atoms with van der Waals surface area (Å²) in [4.78, 5) is 46.2. The lowest BCUT2D eigenvalue weighted by Crippen LogP contribution is -2.46. The van der Waals surface area contributed by atoms with Crippen LogP contribution in [0.2, 0.25) is 0 Å². The zero-order valence-electron chi connectivity index (χ0n) is 14.1. The third kappa shape index (κ3) is 6.02. The standard InChI is InChI=1S/C18H14O10/c19-15(20)13(27-17(23)25-11-7-3-1-4-8-11)14(16(21)22)28-18(24)26-12-9-5-2-6-10-12/h1-10,13-14H,(H,19,20)(H,21,22). The normalized spacial score (nSPS) is 12.1. The number of carbonyl (C=O) groups excluding carboxylic acids is 2. The van der Waals surface area contributed by atoms with Gasteiger partial charge in [-0.2, -0.15) is 0 Å². The van der Waals surface area contributed by atoms with Gasteiger partial charge in [-0.25, -0.2) is 19.2 Å². The second-order valence-corrected chi connectivity index (χ2v) is 5.08. The number of hydrogen-bond acceptors (Lipinski definition) is 8. The minimum Gasteiger partial charge on any atom is -0.478 e. The van der Waals surface area contributed by atoms with Gasteiger partial charge >= 0.3 is 24.2 Å². The van der Waals surface area contributed by atoms with Crippen LogP contribution in [0.15, 0.2) is 60.7 Å². The van der Waals surface area contributed by atoms with Gasteiger partial charge in [0.05, 0.1) is 0 Å². The van der Waals surface area contributed by atoms with Crippen molar-refractivity contribution in [2.75, 3.05) is 0 Å². The van der Waals surface area contributed by atoms with Gasteiger partial charge in [0.15, 0.2) is 0 Å². The van der Waals surface area contributed by atoms with Crippen molar-refractivity contribution < 1.29 is 48.3 Å². The molecular weight excluding hydrogens is 376 g/mol. The molecule has 0 fully saturated rings. The van der Waals surface area contributed by atoms with E-state index in [4.69, 9.17) is 9.47 Å². The maximum atomic E-state index is 11.8. The Morgan fingerprint density at radius 2 is 0.929 bits per heavy atom. The molecule has 10 nitrogen and oxygen atoms in total. The molecule has 2 atom stereocenters. The van der Waals surface area contributed by atoms with Gasteiger partial charge in [0.2, 0.25) is 12.2 Å². The first-order chi connectivity index (χ1) is 13.4. The molecule has 0 aliphatic carbocycles. The molecule has 10 heteroatoms. The first kappa shape index (κ1) is 20.2. The number of ether oxygens (including phenoxy) is 4. The molecule has 0 aliphatic heterocycles. The van der Waals surface area contributed by atoms with E-state index >= 15 is 0 Å². The van der Waals surface area contributed by atoms with Crippen LogP contribution in [0, 0.1) is 0 Å². The zero-order valence-corrected chi connectivity index (χ0v) is 14.1. The Morgan fingerprint density at radius 3 is 1.21 bits per heavy atom. The zero-order chi connectivity index (χ0) is 20.5. The van der Waals surface area contributed by atoms with E-state index in [1.54, 1.807) is 36.4 Å². The maximum Gasteiger partial charge on any atom is 0.514 e. The predicted molar refractivity (Wildman–Crippen MR) is 89.9 cm³/mol. The van der Waals surface area contributed by atoms with Gasteiger partial charge in [-0.3, -0.25) is 0 Å². The third-order valence-electron chi connectivity index (χ3n) is 3.10. The van der Waals surface area contributed by atoms with Gasteiger partial charge in [0, 0.05) is 0 Å². The molecule has 0 aliphatic rings. The van der Waals surface area contributed by atoms with Crippen LogP contribution in [0.25, 0.3) is 0 Å². The second-order valence-electron chi connectivity index (χ2n) is 5.08. The van der Waals surface area contributed by atoms with Crippen LogP contribution in [0.3, 0.4) is 0 Å². The molecular formula is C18H14O10. The molecule has 2 N–H and O–H groups in total. The molecule has 146 valence electrons. The number of benzene rings is 2. The highest BCUT2D eigenvalue weighted by atomic mass is 16.8. The summed E-state index contributed by atoms with van der Waals surface area (Å²) in [5, 5.41) is 18.4. The van der Waals surface area contributed by atoms with E-state index in [1.807, 2.05) is 0 Å². The highest BCUT2D eigenvalue weighted by Crippen LogP contribution is 2.14. The number of hydrogen-bond donors (Lipinski definition) is 2. The molecule has 0 heterocycles. The molecule has 2 unspecified atom stereocenters. The van der Waals surface area contributed by atoms with Crippen molar-refractivity contribution in [1.82, 2.24) is 0 Å². The first-order valence-corrected chi connectivity index (χ1v) is 7.69. The van der Waals surface area contributed by atoms with Gasteiger partial charge in [0.1, 0.15) is 11.5 Å². The van der Waals surface area contributed by atoms with Crippen molar-refractivity contribution in [2.45, 2.75) is 12.2 Å². The molecule has 0 aromatic heterocycles. The summed E-state index contributed by atoms with van der Waals surface area (Å²) in [6.07, 6.45) is -7.75. The van der Waals surface area contributed by atoms with E-state index in [0.717, 1.165) is 0 Å². The minimum atomic E-state index is -2.38. The lowest BCUT2D eigenvalue weighted by molar-refractivity contribution is -0.168. The molecule has 0 amide bonds. The third-order valence-corrected chi connectivity index (χ3v) is 3.10. The average Bonchev–Trinajstić information content (AvgIpc) is 2.65. The Labute approximate surface area is 157 Å². The number of carboxylic acid groups (broad SMARTS) is 2. The van der Waals surface area contributed by atoms with Crippen molar-refractivity contribution in [1.29, 1.82) is 0 Å². The van der Waals surface area contributed by atoms with Crippen LogP contribution >= 0.6 is 0 Å². The van der Waals surface area contributed by atoms with Crippen molar-refractivity contribution in [3.05, 3.63) is 60.7 Å². The van der Waals surface area contributed by atoms with Crippen molar-refractivity contribution in [3.63, 3.8) is 0 Å². The molecule has 0 spiro atoms. The predicted octanol–water partition coefficient (Wildman–Crippen LogP) is 2.32. The summed E-state index contributed by atoms with van der Waals surface area (Å²) < 4.78 is 18.5. The molecule has 0 bridgehead atoms. The van der Waals surface area contributed by atoms with Crippen molar-refractivity contribution in [3.8, 4) is 11.5 Å². The average molecular weight is 390 g/mol. The molecule has 0 radical (unpaired) electrons. The van der Waals surface area contributed by atoms with Gasteiger partial charge in [-0.05, 0) is 24.3 Å². The van der Waals surface area contributed by atoms with Crippen LogP contribution in [0.5, 0.6) is 11.5 Å². The first-order valence-electron chi connectivity index (χ1n) is 7.69. The smallest absolute Gasteiger partial charge is 0.478 e. The number of rotatable bonds is 7. The molecule has 0 saturated heterocycles. The lowest BCUT2D eigenvalue weighted by atomic mass is 10.2. The topological polar surface area (TPSA) is 146 Å². The monoisotopic (exact) mass is 390 g/mol. The Balaban J connectivity index is 2.06. The number of carbonyl (C=O) groups is 4. The highest BCUT2D eigenvalue weighted by Gasteiger charge is 2.41. The number of carboxylic acids is 2. The summed E-state index contributed by atoms with van der Waals surface area (Å²) in [6, 6.07) is 15.0. The number of aliphatic carboxylic acids is 2. The Bertz CT molecular complexity index is 762. The van der Waals surface area contributed by atoms with Crippen LogP contribution in [-0.2, 0) is 19.1 Å². The summed E-state index contributed by atoms with van der Waals surface area (Å²) in [5.74, 6) is -3.67. The van der Waals surface area contributed by atoms with Crippen LogP contribution in [0.1, 0.15) is 0 Å². The van der Waals surface area contributed by atoms with E-state index in [9.17, 15) is 29.4 Å². The summed E-state index contributed by atoms with van der Waals surface area (Å²) >= 11 is 0. The van der Waals surface area contributed by atoms with E-state index in [0.29, 0.717) is 0 Å². The molecule has 2 rings (SSSR count). The van der Waals surface area contributed by atoms with Gasteiger partial charge in [-0.15, -0.1) is 0 Å². The SMILES string of the molecule is O=C(Oc1ccccc1)OC(C(=O)O)C(OC(=O)Oc1ccccc1)C(=O)O. The second kappa shape index (κ2) is 9.57. The van der Waals surface area contributed by atoms with Crippen LogP contribution in [0.4, 0.5) is 9.59 Å². The fourth-order valence-electron chi connectivity index (χ4n) is 1.91. The molecule has 0 saturated carbocycles. The summed E-state index contributed by atoms with van der Waals surface area (Å²) in [6.45, 7) is 0. The van der Waals surface area contributed by atoms with Crippen molar-refractivity contribution in [2.24, 2.45) is 0 Å². The van der Waals surface area contributed by atoms with E-state index in [2.05, 4.69) is 9.47 Å². The largest absolute Gasteiger partial charge is 0.514 e. The molecule has 28 heavy (non-hydrogen) atoms.